The molecular weight excluding hydrogens is 314 g/mol. The van der Waals surface area contributed by atoms with Gasteiger partial charge in [0.2, 0.25) is 0 Å². The second kappa shape index (κ2) is 5.94. The molecule has 5 nitrogen and oxygen atoms in total. The normalized spacial score (nSPS) is 11.0. The highest BCUT2D eigenvalue weighted by Crippen LogP contribution is 2.26. The Balaban J connectivity index is 1.71. The lowest BCUT2D eigenvalue weighted by Crippen LogP contribution is -2.11. The summed E-state index contributed by atoms with van der Waals surface area (Å²) in [4.78, 5) is 17.0. The van der Waals surface area contributed by atoms with Gasteiger partial charge in [-0.25, -0.2) is 4.98 Å². The van der Waals surface area contributed by atoms with Gasteiger partial charge in [0.05, 0.1) is 12.0 Å². The Bertz CT molecular complexity index is 1060. The fourth-order valence-corrected chi connectivity index (χ4v) is 2.80. The third-order valence-corrected chi connectivity index (χ3v) is 4.20. The van der Waals surface area contributed by atoms with E-state index in [4.69, 9.17) is 9.40 Å². The topological polar surface area (TPSA) is 59.5 Å². The van der Waals surface area contributed by atoms with Gasteiger partial charge in [0.25, 0.3) is 5.91 Å². The highest BCUT2D eigenvalue weighted by Gasteiger charge is 2.12. The largest absolute Gasteiger partial charge is 0.459 e. The standard InChI is InChI=1S/C20H17N3O2/c1-13-7-8-15(11-16(13)22-20(24)18-6-4-10-25-18)17-12-23-9-3-5-14(2)19(23)21-17/h3-12H,1-2H3,(H,22,24). The number of fused-ring (bicyclic) bond motifs is 1. The number of hydrogen-bond acceptors (Lipinski definition) is 3. The minimum absolute atomic E-state index is 0.268. The molecule has 0 fully saturated rings. The van der Waals surface area contributed by atoms with Crippen molar-refractivity contribution in [3.05, 3.63) is 78.0 Å². The molecule has 0 unspecified atom stereocenters. The van der Waals surface area contributed by atoms with Crippen molar-refractivity contribution >= 4 is 17.2 Å². The van der Waals surface area contributed by atoms with Gasteiger partial charge in [-0.1, -0.05) is 18.2 Å². The number of aryl methyl sites for hydroxylation is 2. The molecule has 0 saturated heterocycles. The highest BCUT2D eigenvalue weighted by molar-refractivity contribution is 6.03. The number of imidazole rings is 1. The Kier molecular flexibility index (Phi) is 3.61. The van der Waals surface area contributed by atoms with E-state index in [0.717, 1.165) is 33.7 Å². The molecule has 1 aromatic carbocycles. The first kappa shape index (κ1) is 15.2. The van der Waals surface area contributed by atoms with E-state index in [0.29, 0.717) is 0 Å². The van der Waals surface area contributed by atoms with Crippen LogP contribution in [0.2, 0.25) is 0 Å². The zero-order valence-corrected chi connectivity index (χ0v) is 14.0. The third-order valence-electron chi connectivity index (χ3n) is 4.20. The van der Waals surface area contributed by atoms with E-state index in [9.17, 15) is 4.79 Å². The summed E-state index contributed by atoms with van der Waals surface area (Å²) >= 11 is 0. The number of pyridine rings is 1. The second-order valence-corrected chi connectivity index (χ2v) is 6.01. The van der Waals surface area contributed by atoms with Crippen molar-refractivity contribution in [1.82, 2.24) is 9.38 Å². The van der Waals surface area contributed by atoms with Crippen molar-refractivity contribution < 1.29 is 9.21 Å². The number of carbonyl (C=O) groups is 1. The lowest BCUT2D eigenvalue weighted by molar-refractivity contribution is 0.0996. The lowest BCUT2D eigenvalue weighted by Gasteiger charge is -2.08. The summed E-state index contributed by atoms with van der Waals surface area (Å²) in [7, 11) is 0. The van der Waals surface area contributed by atoms with Gasteiger partial charge in [-0.3, -0.25) is 4.79 Å². The van der Waals surface area contributed by atoms with Crippen LogP contribution >= 0.6 is 0 Å². The van der Waals surface area contributed by atoms with E-state index in [1.165, 1.54) is 6.26 Å². The molecule has 0 radical (unpaired) electrons. The van der Waals surface area contributed by atoms with Crippen LogP contribution in [0.5, 0.6) is 0 Å². The molecule has 0 atom stereocenters. The minimum Gasteiger partial charge on any atom is -0.459 e. The maximum absolute atomic E-state index is 12.2. The quantitative estimate of drug-likeness (QED) is 0.603. The molecule has 25 heavy (non-hydrogen) atoms. The van der Waals surface area contributed by atoms with Crippen molar-refractivity contribution in [1.29, 1.82) is 0 Å². The van der Waals surface area contributed by atoms with Crippen LogP contribution in [-0.2, 0) is 0 Å². The molecule has 4 rings (SSSR count). The van der Waals surface area contributed by atoms with Crippen LogP contribution in [0.15, 0.2) is 65.5 Å². The van der Waals surface area contributed by atoms with Gasteiger partial charge >= 0.3 is 0 Å². The SMILES string of the molecule is Cc1ccc(-c2cn3cccc(C)c3n2)cc1NC(=O)c1ccco1. The molecule has 1 N–H and O–H groups in total. The summed E-state index contributed by atoms with van der Waals surface area (Å²) in [5.41, 5.74) is 5.58. The van der Waals surface area contributed by atoms with Crippen LogP contribution in [0.1, 0.15) is 21.7 Å². The van der Waals surface area contributed by atoms with Crippen molar-refractivity contribution in [3.8, 4) is 11.3 Å². The van der Waals surface area contributed by atoms with Gasteiger partial charge in [0.15, 0.2) is 5.76 Å². The minimum atomic E-state index is -0.268. The number of carbonyl (C=O) groups excluding carboxylic acids is 1. The maximum atomic E-state index is 12.2. The average molecular weight is 331 g/mol. The van der Waals surface area contributed by atoms with Crippen molar-refractivity contribution in [2.24, 2.45) is 0 Å². The van der Waals surface area contributed by atoms with Gasteiger partial charge in [-0.2, -0.15) is 0 Å². The second-order valence-electron chi connectivity index (χ2n) is 6.01. The van der Waals surface area contributed by atoms with E-state index in [-0.39, 0.29) is 11.7 Å². The Morgan fingerprint density at radius 1 is 1.12 bits per heavy atom. The molecule has 5 heteroatoms. The first-order chi connectivity index (χ1) is 12.1. The van der Waals surface area contributed by atoms with Crippen LogP contribution in [-0.4, -0.2) is 15.3 Å². The highest BCUT2D eigenvalue weighted by atomic mass is 16.3. The first-order valence-electron chi connectivity index (χ1n) is 8.02. The number of hydrogen-bond donors (Lipinski definition) is 1. The summed E-state index contributed by atoms with van der Waals surface area (Å²) in [6.07, 6.45) is 5.45. The van der Waals surface area contributed by atoms with Gasteiger partial charge < -0.3 is 14.1 Å². The number of nitrogens with zero attached hydrogens (tertiary/aromatic N) is 2. The number of nitrogens with one attached hydrogen (secondary N) is 1. The first-order valence-corrected chi connectivity index (χ1v) is 8.02. The molecule has 0 aliphatic rings. The van der Waals surface area contributed by atoms with E-state index in [2.05, 4.69) is 5.32 Å². The van der Waals surface area contributed by atoms with Gasteiger partial charge in [-0.15, -0.1) is 0 Å². The summed E-state index contributed by atoms with van der Waals surface area (Å²) in [5.74, 6) is 0.0178. The molecule has 3 heterocycles. The Hall–Kier alpha value is -3.34. The average Bonchev–Trinajstić information content (AvgIpc) is 3.26. The number of rotatable bonds is 3. The van der Waals surface area contributed by atoms with E-state index < -0.39 is 0 Å². The molecule has 0 bridgehead atoms. The van der Waals surface area contributed by atoms with Gasteiger partial charge in [0.1, 0.15) is 5.65 Å². The zero-order chi connectivity index (χ0) is 17.4. The molecule has 0 aliphatic heterocycles. The molecular formula is C20H17N3O2. The molecule has 0 spiro atoms. The fraction of sp³-hybridized carbons (Fsp3) is 0.100. The number of benzene rings is 1. The lowest BCUT2D eigenvalue weighted by atomic mass is 10.1. The van der Waals surface area contributed by atoms with Crippen LogP contribution in [0.25, 0.3) is 16.9 Å². The predicted molar refractivity (Wildman–Crippen MR) is 96.8 cm³/mol. The van der Waals surface area contributed by atoms with Crippen LogP contribution in [0.4, 0.5) is 5.69 Å². The van der Waals surface area contributed by atoms with Crippen LogP contribution in [0, 0.1) is 13.8 Å². The smallest absolute Gasteiger partial charge is 0.291 e. The van der Waals surface area contributed by atoms with Gasteiger partial charge in [0, 0.05) is 23.6 Å². The van der Waals surface area contributed by atoms with Crippen molar-refractivity contribution in [2.75, 3.05) is 5.32 Å². The summed E-state index contributed by atoms with van der Waals surface area (Å²) < 4.78 is 7.15. The van der Waals surface area contributed by atoms with E-state index in [1.807, 2.05) is 61.0 Å². The number of anilines is 1. The van der Waals surface area contributed by atoms with Crippen molar-refractivity contribution in [3.63, 3.8) is 0 Å². The molecule has 1 amide bonds. The monoisotopic (exact) mass is 331 g/mol. The number of furan rings is 1. The Labute approximate surface area is 144 Å². The van der Waals surface area contributed by atoms with E-state index >= 15 is 0 Å². The summed E-state index contributed by atoms with van der Waals surface area (Å²) in [6, 6.07) is 13.3. The maximum Gasteiger partial charge on any atom is 0.291 e. The molecule has 3 aromatic heterocycles. The van der Waals surface area contributed by atoms with Crippen LogP contribution in [0.3, 0.4) is 0 Å². The molecule has 124 valence electrons. The van der Waals surface area contributed by atoms with Crippen LogP contribution < -0.4 is 5.32 Å². The Morgan fingerprint density at radius 3 is 2.76 bits per heavy atom. The molecule has 0 aliphatic carbocycles. The summed E-state index contributed by atoms with van der Waals surface area (Å²) in [5, 5.41) is 2.90. The fourth-order valence-electron chi connectivity index (χ4n) is 2.80. The molecule has 0 saturated carbocycles. The van der Waals surface area contributed by atoms with E-state index in [1.54, 1.807) is 12.1 Å². The van der Waals surface area contributed by atoms with Gasteiger partial charge in [-0.05, 0) is 49.2 Å². The zero-order valence-electron chi connectivity index (χ0n) is 14.0. The summed E-state index contributed by atoms with van der Waals surface area (Å²) in [6.45, 7) is 3.99. The van der Waals surface area contributed by atoms with Crippen molar-refractivity contribution in [2.45, 2.75) is 13.8 Å². The number of aromatic nitrogens is 2. The molecule has 4 aromatic rings. The Morgan fingerprint density at radius 2 is 2.00 bits per heavy atom. The predicted octanol–water partition coefficient (Wildman–Crippen LogP) is 4.46. The number of amides is 1. The third kappa shape index (κ3) is 2.80.